The number of carbonyl (C=O) groups excluding carboxylic acids is 1. The van der Waals surface area contributed by atoms with E-state index in [2.05, 4.69) is 50.3 Å². The second kappa shape index (κ2) is 8.66. The highest BCUT2D eigenvalue weighted by atomic mass is 32.2. The first-order chi connectivity index (χ1) is 13.6. The molecule has 1 spiro atoms. The molecule has 6 nitrogen and oxygen atoms in total. The lowest BCUT2D eigenvalue weighted by molar-refractivity contribution is -0.127. The van der Waals surface area contributed by atoms with Crippen LogP contribution in [0.3, 0.4) is 0 Å². The average Bonchev–Trinajstić information content (AvgIpc) is 3.32. The van der Waals surface area contributed by atoms with Gasteiger partial charge >= 0.3 is 0 Å². The van der Waals surface area contributed by atoms with Gasteiger partial charge in [-0.15, -0.1) is 10.2 Å². The van der Waals surface area contributed by atoms with E-state index < -0.39 is 0 Å². The number of piperidine rings is 1. The fourth-order valence-corrected chi connectivity index (χ4v) is 5.33. The van der Waals surface area contributed by atoms with Crippen LogP contribution in [0, 0.1) is 5.41 Å². The summed E-state index contributed by atoms with van der Waals surface area (Å²) in [6.07, 6.45) is 6.40. The second-order valence-corrected chi connectivity index (χ2v) is 9.14. The van der Waals surface area contributed by atoms with E-state index in [-0.39, 0.29) is 5.91 Å². The van der Waals surface area contributed by atoms with Crippen LogP contribution in [-0.4, -0.2) is 68.9 Å². The average molecular weight is 400 g/mol. The van der Waals surface area contributed by atoms with Crippen molar-refractivity contribution < 1.29 is 4.79 Å². The SMILES string of the molecule is Cn1cnnc1SCC(=O)N1CC[C@]2(CCCN(CCc3ccccc3)C2)C1. The van der Waals surface area contributed by atoms with Gasteiger partial charge in [0, 0.05) is 38.6 Å². The van der Waals surface area contributed by atoms with Crippen LogP contribution in [0.5, 0.6) is 0 Å². The Hall–Kier alpha value is -1.86. The summed E-state index contributed by atoms with van der Waals surface area (Å²) in [6, 6.07) is 10.7. The van der Waals surface area contributed by atoms with Crippen molar-refractivity contribution in [1.82, 2.24) is 24.6 Å². The summed E-state index contributed by atoms with van der Waals surface area (Å²) in [7, 11) is 1.91. The molecule has 0 aliphatic carbocycles. The van der Waals surface area contributed by atoms with Gasteiger partial charge in [0.25, 0.3) is 0 Å². The maximum absolute atomic E-state index is 12.7. The predicted octanol–water partition coefficient (Wildman–Crippen LogP) is 2.46. The molecule has 0 N–H and O–H groups in total. The van der Waals surface area contributed by atoms with Gasteiger partial charge in [-0.05, 0) is 37.8 Å². The Morgan fingerprint density at radius 2 is 2.04 bits per heavy atom. The largest absolute Gasteiger partial charge is 0.341 e. The zero-order chi connectivity index (χ0) is 19.4. The highest BCUT2D eigenvalue weighted by Crippen LogP contribution is 2.39. The lowest BCUT2D eigenvalue weighted by Gasteiger charge is -2.40. The molecule has 0 bridgehead atoms. The molecular weight excluding hydrogens is 370 g/mol. The Morgan fingerprint density at radius 1 is 1.18 bits per heavy atom. The Labute approximate surface area is 171 Å². The lowest BCUT2D eigenvalue weighted by atomic mass is 9.79. The quantitative estimate of drug-likeness (QED) is 0.699. The van der Waals surface area contributed by atoms with Gasteiger partial charge in [-0.1, -0.05) is 42.1 Å². The number of thioether (sulfide) groups is 1. The molecule has 1 aromatic carbocycles. The zero-order valence-corrected chi connectivity index (χ0v) is 17.4. The van der Waals surface area contributed by atoms with Crippen molar-refractivity contribution in [3.63, 3.8) is 0 Å². The summed E-state index contributed by atoms with van der Waals surface area (Å²) in [4.78, 5) is 17.4. The normalized spacial score (nSPS) is 22.8. The predicted molar refractivity (Wildman–Crippen MR) is 111 cm³/mol. The number of likely N-dealkylation sites (tertiary alicyclic amines) is 2. The van der Waals surface area contributed by atoms with Crippen LogP contribution in [0.1, 0.15) is 24.8 Å². The van der Waals surface area contributed by atoms with E-state index in [0.29, 0.717) is 11.2 Å². The van der Waals surface area contributed by atoms with E-state index in [9.17, 15) is 4.79 Å². The second-order valence-electron chi connectivity index (χ2n) is 8.19. The fraction of sp³-hybridized carbons (Fsp3) is 0.571. The number of aryl methyl sites for hydroxylation is 1. The number of benzene rings is 1. The molecule has 0 saturated carbocycles. The standard InChI is InChI=1S/C21H29N5OS/c1-24-17-22-23-20(24)28-14-19(27)26-13-10-21(16-26)9-5-11-25(15-21)12-8-18-6-3-2-4-7-18/h2-4,6-7,17H,5,8-16H2,1H3/t21-/m0/s1. The van der Waals surface area contributed by atoms with Gasteiger partial charge in [-0.25, -0.2) is 0 Å². The number of nitrogens with zero attached hydrogens (tertiary/aromatic N) is 5. The van der Waals surface area contributed by atoms with E-state index in [0.717, 1.165) is 44.2 Å². The molecule has 1 atom stereocenters. The molecule has 1 aromatic heterocycles. The fourth-order valence-electron chi connectivity index (χ4n) is 4.53. The van der Waals surface area contributed by atoms with E-state index in [4.69, 9.17) is 0 Å². The Balaban J connectivity index is 1.28. The van der Waals surface area contributed by atoms with Crippen LogP contribution in [-0.2, 0) is 18.3 Å². The topological polar surface area (TPSA) is 54.3 Å². The van der Waals surface area contributed by atoms with Gasteiger partial charge < -0.3 is 14.4 Å². The maximum Gasteiger partial charge on any atom is 0.233 e. The number of aromatic nitrogens is 3. The molecule has 7 heteroatoms. The van der Waals surface area contributed by atoms with E-state index in [1.54, 1.807) is 6.33 Å². The van der Waals surface area contributed by atoms with Crippen molar-refractivity contribution in [3.8, 4) is 0 Å². The van der Waals surface area contributed by atoms with Gasteiger partial charge in [-0.2, -0.15) is 0 Å². The number of rotatable bonds is 6. The third kappa shape index (κ3) is 4.58. The minimum atomic E-state index is 0.228. The molecule has 0 radical (unpaired) electrons. The first-order valence-electron chi connectivity index (χ1n) is 10.1. The molecule has 2 saturated heterocycles. The van der Waals surface area contributed by atoms with Gasteiger partial charge in [0.2, 0.25) is 5.91 Å². The molecule has 2 fully saturated rings. The van der Waals surface area contributed by atoms with Gasteiger partial charge in [0.1, 0.15) is 6.33 Å². The molecule has 4 rings (SSSR count). The summed E-state index contributed by atoms with van der Waals surface area (Å²) in [5, 5.41) is 8.72. The molecule has 0 unspecified atom stereocenters. The summed E-state index contributed by atoms with van der Waals surface area (Å²) >= 11 is 1.48. The molecular formula is C21H29N5OS. The first kappa shape index (κ1) is 19.5. The summed E-state index contributed by atoms with van der Waals surface area (Å²) in [5.41, 5.74) is 1.70. The molecule has 2 aliphatic heterocycles. The third-order valence-corrected chi connectivity index (χ3v) is 7.10. The van der Waals surface area contributed by atoms with E-state index in [1.807, 2.05) is 11.6 Å². The van der Waals surface area contributed by atoms with Crippen LogP contribution in [0.2, 0.25) is 0 Å². The van der Waals surface area contributed by atoms with Crippen molar-refractivity contribution in [3.05, 3.63) is 42.2 Å². The smallest absolute Gasteiger partial charge is 0.233 e. The monoisotopic (exact) mass is 399 g/mol. The molecule has 1 amide bonds. The third-order valence-electron chi connectivity index (χ3n) is 6.09. The van der Waals surface area contributed by atoms with Crippen LogP contribution < -0.4 is 0 Å². The maximum atomic E-state index is 12.7. The molecule has 2 aromatic rings. The van der Waals surface area contributed by atoms with Gasteiger partial charge in [0.05, 0.1) is 5.75 Å². The van der Waals surface area contributed by atoms with E-state index in [1.165, 1.54) is 36.7 Å². The van der Waals surface area contributed by atoms with Crippen molar-refractivity contribution in [2.75, 3.05) is 38.5 Å². The first-order valence-corrected chi connectivity index (χ1v) is 11.1. The number of hydrogen-bond donors (Lipinski definition) is 0. The minimum Gasteiger partial charge on any atom is -0.341 e. The summed E-state index contributed by atoms with van der Waals surface area (Å²) in [5.74, 6) is 0.673. The highest BCUT2D eigenvalue weighted by molar-refractivity contribution is 7.99. The lowest BCUT2D eigenvalue weighted by Crippen LogP contribution is -2.46. The van der Waals surface area contributed by atoms with Crippen LogP contribution >= 0.6 is 11.8 Å². The molecule has 150 valence electrons. The van der Waals surface area contributed by atoms with Crippen molar-refractivity contribution >= 4 is 17.7 Å². The Kier molecular flexibility index (Phi) is 6.01. The van der Waals surface area contributed by atoms with Gasteiger partial charge in [0.15, 0.2) is 5.16 Å². The molecule has 3 heterocycles. The minimum absolute atomic E-state index is 0.228. The van der Waals surface area contributed by atoms with Gasteiger partial charge in [-0.3, -0.25) is 4.79 Å². The number of hydrogen-bond acceptors (Lipinski definition) is 5. The number of amides is 1. The Bertz CT molecular complexity index is 795. The zero-order valence-electron chi connectivity index (χ0n) is 16.6. The molecule has 2 aliphatic rings. The molecule has 28 heavy (non-hydrogen) atoms. The van der Waals surface area contributed by atoms with Crippen molar-refractivity contribution in [2.24, 2.45) is 12.5 Å². The van der Waals surface area contributed by atoms with Crippen molar-refractivity contribution in [1.29, 1.82) is 0 Å². The summed E-state index contributed by atoms with van der Waals surface area (Å²) < 4.78 is 1.86. The number of carbonyl (C=O) groups is 1. The Morgan fingerprint density at radius 3 is 2.82 bits per heavy atom. The van der Waals surface area contributed by atoms with Crippen LogP contribution in [0.15, 0.2) is 41.8 Å². The van der Waals surface area contributed by atoms with Crippen LogP contribution in [0.25, 0.3) is 0 Å². The van der Waals surface area contributed by atoms with Crippen LogP contribution in [0.4, 0.5) is 0 Å². The summed E-state index contributed by atoms with van der Waals surface area (Å²) in [6.45, 7) is 5.23. The van der Waals surface area contributed by atoms with E-state index >= 15 is 0 Å². The highest BCUT2D eigenvalue weighted by Gasteiger charge is 2.42. The van der Waals surface area contributed by atoms with Crippen molar-refractivity contribution in [2.45, 2.75) is 30.8 Å².